The molecule has 1 aromatic carbocycles. The first-order chi connectivity index (χ1) is 10.2. The Hall–Kier alpha value is -2.40. The van der Waals surface area contributed by atoms with Crippen LogP contribution in [0, 0.1) is 0 Å². The van der Waals surface area contributed by atoms with E-state index in [9.17, 15) is 9.59 Å². The lowest BCUT2D eigenvalue weighted by Crippen LogP contribution is -2.27. The van der Waals surface area contributed by atoms with E-state index in [1.165, 1.54) is 4.90 Å². The quantitative estimate of drug-likeness (QED) is 0.815. The molecule has 2 heterocycles. The summed E-state index contributed by atoms with van der Waals surface area (Å²) in [5.41, 5.74) is 1.74. The van der Waals surface area contributed by atoms with Crippen LogP contribution in [-0.4, -0.2) is 21.0 Å². The van der Waals surface area contributed by atoms with Crippen LogP contribution in [-0.2, 0) is 11.3 Å². The summed E-state index contributed by atoms with van der Waals surface area (Å²) in [6.07, 6.45) is 5.02. The summed E-state index contributed by atoms with van der Waals surface area (Å²) in [6.45, 7) is 0.301. The van der Waals surface area contributed by atoms with Gasteiger partial charge >= 0.3 is 0 Å². The monoisotopic (exact) mass is 296 g/mol. The minimum Gasteiger partial charge on any atom is -0.268 e. The van der Waals surface area contributed by atoms with E-state index in [-0.39, 0.29) is 11.1 Å². The van der Waals surface area contributed by atoms with Crippen molar-refractivity contribution < 1.29 is 9.59 Å². The normalized spacial score (nSPS) is 16.8. The first-order valence-electron chi connectivity index (χ1n) is 6.43. The lowest BCUT2D eigenvalue weighted by atomic mass is 10.2. The summed E-state index contributed by atoms with van der Waals surface area (Å²) in [4.78, 5) is 30.0. The van der Waals surface area contributed by atoms with Gasteiger partial charge in [0.25, 0.3) is 11.1 Å². The number of amides is 2. The van der Waals surface area contributed by atoms with E-state index in [0.29, 0.717) is 11.4 Å². The average molecular weight is 296 g/mol. The maximum Gasteiger partial charge on any atom is 0.293 e. The van der Waals surface area contributed by atoms with E-state index in [1.807, 2.05) is 36.4 Å². The van der Waals surface area contributed by atoms with Gasteiger partial charge < -0.3 is 0 Å². The first-order valence-corrected chi connectivity index (χ1v) is 7.25. The topological polar surface area (TPSA) is 50.3 Å². The van der Waals surface area contributed by atoms with Gasteiger partial charge in [-0.2, -0.15) is 0 Å². The third-order valence-corrected chi connectivity index (χ3v) is 3.95. The highest BCUT2D eigenvalue weighted by Gasteiger charge is 2.34. The Morgan fingerprint density at radius 1 is 1.10 bits per heavy atom. The van der Waals surface area contributed by atoms with Gasteiger partial charge in [-0.25, -0.2) is 0 Å². The van der Waals surface area contributed by atoms with Gasteiger partial charge in [-0.15, -0.1) is 0 Å². The van der Waals surface area contributed by atoms with Gasteiger partial charge in [-0.05, 0) is 35.0 Å². The van der Waals surface area contributed by atoms with Gasteiger partial charge in [0.1, 0.15) is 0 Å². The third kappa shape index (κ3) is 3.03. The van der Waals surface area contributed by atoms with Crippen molar-refractivity contribution in [2.45, 2.75) is 6.54 Å². The molecule has 4 nitrogen and oxygen atoms in total. The molecule has 0 bridgehead atoms. The maximum absolute atomic E-state index is 12.3. The second-order valence-corrected chi connectivity index (χ2v) is 5.53. The van der Waals surface area contributed by atoms with Gasteiger partial charge in [-0.3, -0.25) is 19.5 Å². The summed E-state index contributed by atoms with van der Waals surface area (Å²) < 4.78 is 0. The van der Waals surface area contributed by atoms with Crippen molar-refractivity contribution in [3.8, 4) is 0 Å². The van der Waals surface area contributed by atoms with Gasteiger partial charge in [0, 0.05) is 12.4 Å². The van der Waals surface area contributed by atoms with Crippen molar-refractivity contribution in [3.05, 3.63) is 70.9 Å². The average Bonchev–Trinajstić information content (AvgIpc) is 2.77. The first kappa shape index (κ1) is 13.6. The molecule has 2 aromatic rings. The fourth-order valence-corrected chi connectivity index (χ4v) is 2.85. The zero-order valence-electron chi connectivity index (χ0n) is 11.1. The Balaban J connectivity index is 1.81. The van der Waals surface area contributed by atoms with E-state index < -0.39 is 0 Å². The van der Waals surface area contributed by atoms with E-state index in [4.69, 9.17) is 0 Å². The van der Waals surface area contributed by atoms with Crippen LogP contribution in [0.3, 0.4) is 0 Å². The number of hydrogen-bond acceptors (Lipinski definition) is 4. The highest BCUT2D eigenvalue weighted by molar-refractivity contribution is 8.18. The summed E-state index contributed by atoms with van der Waals surface area (Å²) in [5, 5.41) is -0.237. The van der Waals surface area contributed by atoms with Crippen LogP contribution in [0.25, 0.3) is 6.08 Å². The third-order valence-electron chi connectivity index (χ3n) is 3.04. The van der Waals surface area contributed by atoms with Crippen molar-refractivity contribution in [1.29, 1.82) is 0 Å². The Morgan fingerprint density at radius 3 is 2.62 bits per heavy atom. The van der Waals surface area contributed by atoms with E-state index in [1.54, 1.807) is 24.5 Å². The molecule has 1 aliphatic rings. The van der Waals surface area contributed by atoms with Crippen molar-refractivity contribution in [3.63, 3.8) is 0 Å². The van der Waals surface area contributed by atoms with Gasteiger partial charge in [0.15, 0.2) is 0 Å². The maximum atomic E-state index is 12.3. The molecule has 0 N–H and O–H groups in total. The lowest BCUT2D eigenvalue weighted by Gasteiger charge is -2.12. The standard InChI is InChI=1S/C16H12N2O2S/c19-15-14(9-13-7-4-8-17-10-13)21-16(20)18(15)11-12-5-2-1-3-6-12/h1-10H,11H2/b14-9+. The summed E-state index contributed by atoms with van der Waals surface area (Å²) in [6, 6.07) is 13.1. The molecule has 0 radical (unpaired) electrons. The molecule has 0 saturated carbocycles. The van der Waals surface area contributed by atoms with Crippen molar-refractivity contribution in [1.82, 2.24) is 9.88 Å². The van der Waals surface area contributed by atoms with Crippen molar-refractivity contribution in [2.24, 2.45) is 0 Å². The highest BCUT2D eigenvalue weighted by atomic mass is 32.2. The molecule has 0 atom stereocenters. The Labute approximate surface area is 126 Å². The van der Waals surface area contributed by atoms with Crippen LogP contribution in [0.2, 0.25) is 0 Å². The molecule has 2 amide bonds. The van der Waals surface area contributed by atoms with Crippen LogP contribution in [0.1, 0.15) is 11.1 Å². The number of pyridine rings is 1. The number of thioether (sulfide) groups is 1. The van der Waals surface area contributed by atoms with Crippen LogP contribution >= 0.6 is 11.8 Å². The van der Waals surface area contributed by atoms with Crippen molar-refractivity contribution >= 4 is 29.0 Å². The molecule has 1 fully saturated rings. The Morgan fingerprint density at radius 2 is 1.90 bits per heavy atom. The molecule has 1 aliphatic heterocycles. The van der Waals surface area contributed by atoms with Gasteiger partial charge in [0.05, 0.1) is 11.4 Å². The van der Waals surface area contributed by atoms with E-state index >= 15 is 0 Å². The van der Waals surface area contributed by atoms with E-state index in [2.05, 4.69) is 4.98 Å². The number of carbonyl (C=O) groups excluding carboxylic acids is 2. The molecule has 104 valence electrons. The molecule has 0 aliphatic carbocycles. The second kappa shape index (κ2) is 5.93. The molecular weight excluding hydrogens is 284 g/mol. The zero-order valence-corrected chi connectivity index (χ0v) is 11.9. The minimum absolute atomic E-state index is 0.237. The fraction of sp³-hybridized carbons (Fsp3) is 0.0625. The second-order valence-electron chi connectivity index (χ2n) is 4.54. The number of rotatable bonds is 3. The molecule has 0 unspecified atom stereocenters. The molecular formula is C16H12N2O2S. The number of nitrogens with zero attached hydrogens (tertiary/aromatic N) is 2. The number of hydrogen-bond donors (Lipinski definition) is 0. The minimum atomic E-state index is -0.252. The number of aromatic nitrogens is 1. The molecule has 0 spiro atoms. The molecule has 1 saturated heterocycles. The van der Waals surface area contributed by atoms with E-state index in [0.717, 1.165) is 22.9 Å². The number of imide groups is 1. The number of benzene rings is 1. The largest absolute Gasteiger partial charge is 0.293 e. The summed E-state index contributed by atoms with van der Waals surface area (Å²) >= 11 is 0.967. The Bertz CT molecular complexity index is 699. The number of carbonyl (C=O) groups is 2. The molecule has 5 heteroatoms. The smallest absolute Gasteiger partial charge is 0.268 e. The van der Waals surface area contributed by atoms with Crippen LogP contribution in [0.5, 0.6) is 0 Å². The predicted molar refractivity (Wildman–Crippen MR) is 82.2 cm³/mol. The van der Waals surface area contributed by atoms with Crippen LogP contribution in [0.15, 0.2) is 59.8 Å². The van der Waals surface area contributed by atoms with Crippen molar-refractivity contribution in [2.75, 3.05) is 0 Å². The van der Waals surface area contributed by atoms with Crippen LogP contribution < -0.4 is 0 Å². The van der Waals surface area contributed by atoms with Gasteiger partial charge in [-0.1, -0.05) is 36.4 Å². The molecule has 3 rings (SSSR count). The van der Waals surface area contributed by atoms with Gasteiger partial charge in [0.2, 0.25) is 0 Å². The molecule has 21 heavy (non-hydrogen) atoms. The predicted octanol–water partition coefficient (Wildman–Crippen LogP) is 3.32. The SMILES string of the molecule is O=C1S/C(=C/c2cccnc2)C(=O)N1Cc1ccccc1. The molecule has 1 aromatic heterocycles. The zero-order chi connectivity index (χ0) is 14.7. The Kier molecular flexibility index (Phi) is 3.83. The fourth-order valence-electron chi connectivity index (χ4n) is 2.02. The lowest BCUT2D eigenvalue weighted by molar-refractivity contribution is -0.123. The van der Waals surface area contributed by atoms with Crippen LogP contribution in [0.4, 0.5) is 4.79 Å². The highest BCUT2D eigenvalue weighted by Crippen LogP contribution is 2.33. The summed E-state index contributed by atoms with van der Waals surface area (Å²) in [7, 11) is 0. The summed E-state index contributed by atoms with van der Waals surface area (Å²) in [5.74, 6) is -0.252.